The molecule has 7 heteroatoms. The highest BCUT2D eigenvalue weighted by molar-refractivity contribution is 7.11. The third-order valence-corrected chi connectivity index (χ3v) is 4.60. The first-order chi connectivity index (χ1) is 11.5. The number of para-hydroxylation sites is 1. The predicted molar refractivity (Wildman–Crippen MR) is 96.2 cm³/mol. The molecule has 0 aliphatic carbocycles. The molecule has 0 radical (unpaired) electrons. The molecular weight excluding hydrogens is 324 g/mol. The van der Waals surface area contributed by atoms with E-state index >= 15 is 0 Å². The molecule has 6 nitrogen and oxygen atoms in total. The number of likely N-dealkylation sites (N-methyl/N-ethyl adjacent to an activating group) is 1. The van der Waals surface area contributed by atoms with E-state index in [1.807, 2.05) is 24.4 Å². The summed E-state index contributed by atoms with van der Waals surface area (Å²) in [5.41, 5.74) is 1.42. The van der Waals surface area contributed by atoms with Gasteiger partial charge in [-0.15, -0.1) is 11.3 Å². The molecule has 0 saturated heterocycles. The quantitative estimate of drug-likeness (QED) is 0.844. The largest absolute Gasteiger partial charge is 0.349 e. The highest BCUT2D eigenvalue weighted by Gasteiger charge is 2.11. The molecule has 0 bridgehead atoms. The van der Waals surface area contributed by atoms with Crippen molar-refractivity contribution in [3.05, 3.63) is 45.9 Å². The molecule has 24 heavy (non-hydrogen) atoms. The minimum Gasteiger partial charge on any atom is -0.349 e. The summed E-state index contributed by atoms with van der Waals surface area (Å²) in [5.74, 6) is -0.0143. The fourth-order valence-corrected chi connectivity index (χ4v) is 2.84. The van der Waals surface area contributed by atoms with E-state index in [1.54, 1.807) is 31.5 Å². The first kappa shape index (κ1) is 17.9. The number of nitrogens with zero attached hydrogens (tertiary/aromatic N) is 2. The Labute approximate surface area is 145 Å². The standard InChI is InChI=1S/C17H22N4O2S/c1-4-13-10-18-15(24-13)11-19-17(23)20-14-8-6-5-7-12(14)9-16(22)21(2)3/h5-8,10H,4,9,11H2,1-3H3,(H2,19,20,23). The van der Waals surface area contributed by atoms with Gasteiger partial charge in [0.2, 0.25) is 5.91 Å². The minimum absolute atomic E-state index is 0.0143. The lowest BCUT2D eigenvalue weighted by Crippen LogP contribution is -2.29. The first-order valence-corrected chi connectivity index (χ1v) is 8.57. The van der Waals surface area contributed by atoms with Crippen LogP contribution in [0, 0.1) is 0 Å². The van der Waals surface area contributed by atoms with E-state index in [-0.39, 0.29) is 18.4 Å². The lowest BCUT2D eigenvalue weighted by atomic mass is 10.1. The Bertz CT molecular complexity index is 712. The van der Waals surface area contributed by atoms with Crippen molar-refractivity contribution in [2.24, 2.45) is 0 Å². The molecule has 1 heterocycles. The third kappa shape index (κ3) is 5.06. The monoisotopic (exact) mass is 346 g/mol. The average molecular weight is 346 g/mol. The Balaban J connectivity index is 1.94. The number of amides is 3. The Morgan fingerprint density at radius 2 is 2.00 bits per heavy atom. The van der Waals surface area contributed by atoms with Gasteiger partial charge in [-0.2, -0.15) is 0 Å². The molecule has 1 aromatic heterocycles. The van der Waals surface area contributed by atoms with Crippen molar-refractivity contribution < 1.29 is 9.59 Å². The molecule has 1 aromatic carbocycles. The van der Waals surface area contributed by atoms with Gasteiger partial charge in [0.1, 0.15) is 5.01 Å². The lowest BCUT2D eigenvalue weighted by Gasteiger charge is -2.14. The van der Waals surface area contributed by atoms with Gasteiger partial charge in [-0.25, -0.2) is 9.78 Å². The second-order valence-electron chi connectivity index (χ2n) is 5.50. The summed E-state index contributed by atoms with van der Waals surface area (Å²) >= 11 is 1.59. The van der Waals surface area contributed by atoms with Gasteiger partial charge in [0.05, 0.1) is 13.0 Å². The second-order valence-corrected chi connectivity index (χ2v) is 6.70. The van der Waals surface area contributed by atoms with Gasteiger partial charge in [-0.05, 0) is 18.1 Å². The molecule has 0 aliphatic heterocycles. The highest BCUT2D eigenvalue weighted by Crippen LogP contribution is 2.17. The molecule has 0 saturated carbocycles. The number of thiazole rings is 1. The van der Waals surface area contributed by atoms with E-state index in [9.17, 15) is 9.59 Å². The Morgan fingerprint density at radius 3 is 2.67 bits per heavy atom. The van der Waals surface area contributed by atoms with Crippen LogP contribution in [-0.2, 0) is 24.2 Å². The maximum absolute atomic E-state index is 12.1. The van der Waals surface area contributed by atoms with Crippen LogP contribution in [0.1, 0.15) is 22.4 Å². The van der Waals surface area contributed by atoms with Gasteiger partial charge in [0.15, 0.2) is 0 Å². The fourth-order valence-electron chi connectivity index (χ4n) is 2.03. The summed E-state index contributed by atoms with van der Waals surface area (Å²) in [6.45, 7) is 2.46. The van der Waals surface area contributed by atoms with Gasteiger partial charge in [0, 0.05) is 30.9 Å². The van der Waals surface area contributed by atoms with Crippen LogP contribution >= 0.6 is 11.3 Å². The van der Waals surface area contributed by atoms with E-state index in [0.29, 0.717) is 12.2 Å². The Kier molecular flexibility index (Phi) is 6.31. The number of urea groups is 1. The molecule has 128 valence electrons. The van der Waals surface area contributed by atoms with Gasteiger partial charge in [0.25, 0.3) is 0 Å². The van der Waals surface area contributed by atoms with Crippen molar-refractivity contribution in [2.45, 2.75) is 26.3 Å². The van der Waals surface area contributed by atoms with Gasteiger partial charge >= 0.3 is 6.03 Å². The zero-order valence-corrected chi connectivity index (χ0v) is 14.9. The molecule has 2 N–H and O–H groups in total. The number of aromatic nitrogens is 1. The summed E-state index contributed by atoms with van der Waals surface area (Å²) in [6.07, 6.45) is 3.02. The number of rotatable bonds is 6. The van der Waals surface area contributed by atoms with Crippen molar-refractivity contribution in [1.29, 1.82) is 0 Å². The molecule has 2 rings (SSSR count). The molecule has 2 aromatic rings. The maximum atomic E-state index is 12.1. The number of hydrogen-bond acceptors (Lipinski definition) is 4. The van der Waals surface area contributed by atoms with Crippen molar-refractivity contribution in [3.63, 3.8) is 0 Å². The summed E-state index contributed by atoms with van der Waals surface area (Å²) in [6, 6.07) is 6.99. The molecule has 3 amide bonds. The zero-order valence-electron chi connectivity index (χ0n) is 14.1. The molecule has 0 unspecified atom stereocenters. The number of hydrogen-bond donors (Lipinski definition) is 2. The average Bonchev–Trinajstić information content (AvgIpc) is 3.02. The smallest absolute Gasteiger partial charge is 0.319 e. The lowest BCUT2D eigenvalue weighted by molar-refractivity contribution is -0.127. The van der Waals surface area contributed by atoms with Gasteiger partial charge in [-0.3, -0.25) is 4.79 Å². The van der Waals surface area contributed by atoms with Crippen molar-refractivity contribution in [1.82, 2.24) is 15.2 Å². The van der Waals surface area contributed by atoms with Crippen LogP contribution in [0.25, 0.3) is 0 Å². The second kappa shape index (κ2) is 8.44. The van der Waals surface area contributed by atoms with Gasteiger partial charge < -0.3 is 15.5 Å². The Hall–Kier alpha value is -2.41. The first-order valence-electron chi connectivity index (χ1n) is 7.76. The van der Waals surface area contributed by atoms with Crippen LogP contribution in [0.15, 0.2) is 30.5 Å². The minimum atomic E-state index is -0.312. The van der Waals surface area contributed by atoms with Crippen LogP contribution in [0.3, 0.4) is 0 Å². The molecular formula is C17H22N4O2S. The number of carbonyl (C=O) groups excluding carboxylic acids is 2. The van der Waals surface area contributed by atoms with E-state index in [1.165, 1.54) is 9.78 Å². The summed E-state index contributed by atoms with van der Waals surface area (Å²) in [7, 11) is 3.42. The van der Waals surface area contributed by atoms with E-state index in [0.717, 1.165) is 17.0 Å². The predicted octanol–water partition coefficient (Wildman–Crippen LogP) is 2.66. The zero-order chi connectivity index (χ0) is 17.5. The van der Waals surface area contributed by atoms with Crippen LogP contribution in [0.2, 0.25) is 0 Å². The van der Waals surface area contributed by atoms with Crippen LogP contribution < -0.4 is 10.6 Å². The van der Waals surface area contributed by atoms with Crippen molar-refractivity contribution >= 4 is 29.0 Å². The number of carbonyl (C=O) groups is 2. The fraction of sp³-hybridized carbons (Fsp3) is 0.353. The van der Waals surface area contributed by atoms with E-state index in [4.69, 9.17) is 0 Å². The topological polar surface area (TPSA) is 74.3 Å². The SMILES string of the molecule is CCc1cnc(CNC(=O)Nc2ccccc2CC(=O)N(C)C)s1. The highest BCUT2D eigenvalue weighted by atomic mass is 32.1. The maximum Gasteiger partial charge on any atom is 0.319 e. The van der Waals surface area contributed by atoms with Crippen LogP contribution in [0.4, 0.5) is 10.5 Å². The molecule has 0 spiro atoms. The molecule has 0 aliphatic rings. The normalized spacial score (nSPS) is 10.3. The number of nitrogens with one attached hydrogen (secondary N) is 2. The van der Waals surface area contributed by atoms with Gasteiger partial charge in [-0.1, -0.05) is 25.1 Å². The van der Waals surface area contributed by atoms with E-state index in [2.05, 4.69) is 22.5 Å². The molecule has 0 fully saturated rings. The number of anilines is 1. The van der Waals surface area contributed by atoms with Crippen LogP contribution in [0.5, 0.6) is 0 Å². The van der Waals surface area contributed by atoms with Crippen LogP contribution in [-0.4, -0.2) is 35.9 Å². The summed E-state index contributed by atoms with van der Waals surface area (Å²) in [5, 5.41) is 6.47. The van der Waals surface area contributed by atoms with E-state index < -0.39 is 0 Å². The summed E-state index contributed by atoms with van der Waals surface area (Å²) in [4.78, 5) is 31.0. The Morgan fingerprint density at radius 1 is 1.25 bits per heavy atom. The number of benzene rings is 1. The van der Waals surface area contributed by atoms with Crippen molar-refractivity contribution in [2.75, 3.05) is 19.4 Å². The molecule has 0 atom stereocenters. The third-order valence-electron chi connectivity index (χ3n) is 3.46. The summed E-state index contributed by atoms with van der Waals surface area (Å²) < 4.78 is 0. The number of aryl methyl sites for hydroxylation is 1. The van der Waals surface area contributed by atoms with Crippen molar-refractivity contribution in [3.8, 4) is 0 Å².